The normalized spacial score (nSPS) is 9.20. The van der Waals surface area contributed by atoms with Crippen LogP contribution in [0.1, 0.15) is 32.6 Å². The van der Waals surface area contributed by atoms with Gasteiger partial charge in [0, 0.05) is 6.61 Å². The molecule has 0 bridgehead atoms. The van der Waals surface area contributed by atoms with Crippen molar-refractivity contribution < 1.29 is 34.5 Å². The van der Waals surface area contributed by atoms with Gasteiger partial charge < -0.3 is 34.5 Å². The first kappa shape index (κ1) is 20.9. The van der Waals surface area contributed by atoms with Crippen LogP contribution in [-0.4, -0.2) is 41.1 Å². The predicted molar refractivity (Wildman–Crippen MR) is 58.4 cm³/mol. The Labute approximate surface area is 91.7 Å². The highest BCUT2D eigenvalue weighted by molar-refractivity contribution is 7.38. The molecule has 0 heterocycles. The number of rotatable bonds is 4. The van der Waals surface area contributed by atoms with E-state index in [-0.39, 0.29) is 0 Å². The Hall–Kier alpha value is 0.580. The summed E-state index contributed by atoms with van der Waals surface area (Å²) in [5.74, 6) is 0. The lowest BCUT2D eigenvalue weighted by Crippen LogP contribution is -1.80. The number of unbranched alkanes of at least 4 members (excludes halogenated alkanes) is 3. The van der Waals surface area contributed by atoms with Crippen molar-refractivity contribution in [1.29, 1.82) is 0 Å². The molecule has 0 aliphatic carbocycles. The fourth-order valence-electron chi connectivity index (χ4n) is 0.539. The van der Waals surface area contributed by atoms with E-state index in [0.717, 1.165) is 6.42 Å². The Balaban J connectivity index is -0.000000155. The van der Waals surface area contributed by atoms with Crippen LogP contribution in [0.4, 0.5) is 0 Å². The van der Waals surface area contributed by atoms with Crippen LogP contribution in [0.2, 0.25) is 0 Å². The van der Waals surface area contributed by atoms with Crippen molar-refractivity contribution in [3.63, 3.8) is 0 Å². The summed E-state index contributed by atoms with van der Waals surface area (Å²) in [4.78, 5) is 43.4. The maximum Gasteiger partial charge on any atom is 0.324 e. The predicted octanol–water partition coefficient (Wildman–Crippen LogP) is -0.0606. The third kappa shape index (κ3) is 110. The van der Waals surface area contributed by atoms with Gasteiger partial charge in [0.15, 0.2) is 0 Å². The maximum atomic E-state index is 8.29. The summed E-state index contributed by atoms with van der Waals surface area (Å²) < 4.78 is 0. The molecule has 7 N–H and O–H groups in total. The Kier molecular flexibility index (Phi) is 28.0. The average Bonchev–Trinajstić information content (AvgIpc) is 2.03. The zero-order valence-corrected chi connectivity index (χ0v) is 10.3. The van der Waals surface area contributed by atoms with Gasteiger partial charge in [-0.3, -0.25) is 0 Å². The standard InChI is InChI=1S/C6H14O.2H3O3P/c1-2-3-4-5-6-7;2*1-4(2)3/h7H,2-6H2,1H3;2*1-3H. The highest BCUT2D eigenvalue weighted by Crippen LogP contribution is 2.12. The van der Waals surface area contributed by atoms with Crippen molar-refractivity contribution in [3.05, 3.63) is 0 Å². The summed E-state index contributed by atoms with van der Waals surface area (Å²) in [6, 6.07) is 0. The Morgan fingerprint density at radius 2 is 1.07 bits per heavy atom. The molecule has 0 aromatic rings. The maximum absolute atomic E-state index is 8.29. The third-order valence-electron chi connectivity index (χ3n) is 1.01. The van der Waals surface area contributed by atoms with Crippen LogP contribution < -0.4 is 0 Å². The fourth-order valence-corrected chi connectivity index (χ4v) is 0.539. The van der Waals surface area contributed by atoms with Crippen LogP contribution in [0, 0.1) is 0 Å². The van der Waals surface area contributed by atoms with Gasteiger partial charge >= 0.3 is 17.2 Å². The second kappa shape index (κ2) is 20.1. The molecule has 0 radical (unpaired) electrons. The van der Waals surface area contributed by atoms with Crippen LogP contribution in [0.15, 0.2) is 0 Å². The molecule has 0 spiro atoms. The minimum absolute atomic E-state index is 0.361. The molecular weight excluding hydrogens is 246 g/mol. The lowest BCUT2D eigenvalue weighted by molar-refractivity contribution is 0.283. The molecule has 0 unspecified atom stereocenters. The quantitative estimate of drug-likeness (QED) is 0.279. The molecule has 96 valence electrons. The van der Waals surface area contributed by atoms with E-state index in [0.29, 0.717) is 6.61 Å². The fraction of sp³-hybridized carbons (Fsp3) is 1.00. The molecule has 0 aliphatic rings. The van der Waals surface area contributed by atoms with Crippen molar-refractivity contribution >= 4 is 17.2 Å². The van der Waals surface area contributed by atoms with E-state index in [1.54, 1.807) is 0 Å². The average molecular weight is 266 g/mol. The second-order valence-electron chi connectivity index (χ2n) is 2.32. The summed E-state index contributed by atoms with van der Waals surface area (Å²) in [6.07, 6.45) is 4.68. The van der Waals surface area contributed by atoms with Crippen LogP contribution in [0.5, 0.6) is 0 Å². The summed E-state index contributed by atoms with van der Waals surface area (Å²) in [5.41, 5.74) is 0. The highest BCUT2D eigenvalue weighted by Gasteiger charge is 1.81. The first-order valence-corrected chi connectivity index (χ1v) is 6.62. The van der Waals surface area contributed by atoms with Crippen molar-refractivity contribution in [2.24, 2.45) is 0 Å². The zero-order chi connectivity index (χ0) is 12.7. The lowest BCUT2D eigenvalue weighted by atomic mass is 10.2. The van der Waals surface area contributed by atoms with E-state index in [2.05, 4.69) is 6.92 Å². The van der Waals surface area contributed by atoms with Gasteiger partial charge in [-0.15, -0.1) is 0 Å². The SMILES string of the molecule is CCCCCCO.OP(O)O.OP(O)O. The van der Waals surface area contributed by atoms with Gasteiger partial charge in [-0.25, -0.2) is 0 Å². The first-order valence-electron chi connectivity index (χ1n) is 4.22. The molecule has 7 nitrogen and oxygen atoms in total. The van der Waals surface area contributed by atoms with Gasteiger partial charge in [-0.2, -0.15) is 0 Å². The second-order valence-corrected chi connectivity index (χ2v) is 3.39. The van der Waals surface area contributed by atoms with Crippen molar-refractivity contribution in [1.82, 2.24) is 0 Å². The molecule has 0 aromatic heterocycles. The minimum Gasteiger partial charge on any atom is -0.396 e. The largest absolute Gasteiger partial charge is 0.396 e. The summed E-state index contributed by atoms with van der Waals surface area (Å²) in [5, 5.41) is 8.29. The van der Waals surface area contributed by atoms with Gasteiger partial charge in [-0.05, 0) is 6.42 Å². The van der Waals surface area contributed by atoms with Gasteiger partial charge in [0.2, 0.25) is 0 Å². The number of aliphatic hydroxyl groups is 1. The van der Waals surface area contributed by atoms with Gasteiger partial charge in [0.25, 0.3) is 0 Å². The summed E-state index contributed by atoms with van der Waals surface area (Å²) in [7, 11) is -5.24. The molecule has 0 aliphatic heterocycles. The Morgan fingerprint density at radius 1 is 0.733 bits per heavy atom. The van der Waals surface area contributed by atoms with Crippen LogP contribution in [0.3, 0.4) is 0 Å². The third-order valence-corrected chi connectivity index (χ3v) is 1.01. The van der Waals surface area contributed by atoms with Crippen LogP contribution in [0.25, 0.3) is 0 Å². The van der Waals surface area contributed by atoms with Crippen LogP contribution >= 0.6 is 17.2 Å². The van der Waals surface area contributed by atoms with Gasteiger partial charge in [0.1, 0.15) is 0 Å². The summed E-state index contributed by atoms with van der Waals surface area (Å²) in [6.45, 7) is 2.53. The van der Waals surface area contributed by atoms with Crippen molar-refractivity contribution in [2.45, 2.75) is 32.6 Å². The first-order chi connectivity index (χ1) is 6.88. The summed E-state index contributed by atoms with van der Waals surface area (Å²) >= 11 is 0. The Morgan fingerprint density at radius 3 is 1.27 bits per heavy atom. The van der Waals surface area contributed by atoms with E-state index in [4.69, 9.17) is 34.5 Å². The van der Waals surface area contributed by atoms with Gasteiger partial charge in [-0.1, -0.05) is 26.2 Å². The van der Waals surface area contributed by atoms with E-state index in [1.165, 1.54) is 19.3 Å². The van der Waals surface area contributed by atoms with E-state index < -0.39 is 17.2 Å². The van der Waals surface area contributed by atoms with Crippen LogP contribution in [-0.2, 0) is 0 Å². The van der Waals surface area contributed by atoms with E-state index in [1.807, 2.05) is 0 Å². The molecule has 0 amide bonds. The molecular formula is C6H20O7P2. The molecule has 0 fully saturated rings. The lowest BCUT2D eigenvalue weighted by Gasteiger charge is -1.90. The minimum atomic E-state index is -2.62. The van der Waals surface area contributed by atoms with E-state index in [9.17, 15) is 0 Å². The topological polar surface area (TPSA) is 142 Å². The smallest absolute Gasteiger partial charge is 0.324 e. The molecule has 0 atom stereocenters. The van der Waals surface area contributed by atoms with E-state index >= 15 is 0 Å². The number of hydrogen-bond acceptors (Lipinski definition) is 7. The van der Waals surface area contributed by atoms with Crippen molar-refractivity contribution in [2.75, 3.05) is 6.61 Å². The molecule has 15 heavy (non-hydrogen) atoms. The monoisotopic (exact) mass is 266 g/mol. The zero-order valence-electron chi connectivity index (χ0n) is 8.56. The molecule has 9 heteroatoms. The Bertz CT molecular complexity index is 78.0. The number of aliphatic hydroxyl groups excluding tert-OH is 1. The van der Waals surface area contributed by atoms with Gasteiger partial charge in [0.05, 0.1) is 0 Å². The number of hydrogen-bond donors (Lipinski definition) is 7. The molecule has 0 aromatic carbocycles. The molecule has 0 rings (SSSR count). The molecule has 0 saturated carbocycles. The highest BCUT2D eigenvalue weighted by atomic mass is 31.2. The molecule has 0 saturated heterocycles. The van der Waals surface area contributed by atoms with Crippen molar-refractivity contribution in [3.8, 4) is 0 Å².